The van der Waals surface area contributed by atoms with Crippen molar-refractivity contribution in [3.8, 4) is 0 Å². The number of ether oxygens (including phenoxy) is 3. The van der Waals surface area contributed by atoms with E-state index in [2.05, 4.69) is 154 Å². The minimum atomic E-state index is -0.846. The number of hydrogen-bond donors (Lipinski definition) is 0. The van der Waals surface area contributed by atoms with Gasteiger partial charge in [0, 0.05) is 19.3 Å². The lowest BCUT2D eigenvalue weighted by molar-refractivity contribution is -0.166. The molecule has 0 fully saturated rings. The fraction of sp³-hybridized carbons (Fsp3) is 0.571. The van der Waals surface area contributed by atoms with E-state index in [-0.39, 0.29) is 38.0 Å². The molecule has 0 spiro atoms. The van der Waals surface area contributed by atoms with E-state index in [1.165, 1.54) is 64.2 Å². The van der Waals surface area contributed by atoms with Gasteiger partial charge in [-0.3, -0.25) is 14.4 Å². The summed E-state index contributed by atoms with van der Waals surface area (Å²) in [6.07, 6.45) is 79.9. The summed E-state index contributed by atoms with van der Waals surface area (Å²) >= 11 is 0. The predicted octanol–water partition coefficient (Wildman–Crippen LogP) is 18.4. The van der Waals surface area contributed by atoms with Crippen LogP contribution in [-0.4, -0.2) is 37.2 Å². The molecule has 6 heteroatoms. The van der Waals surface area contributed by atoms with E-state index in [9.17, 15) is 14.4 Å². The van der Waals surface area contributed by atoms with Crippen molar-refractivity contribution in [1.29, 1.82) is 0 Å². The summed E-state index contributed by atoms with van der Waals surface area (Å²) in [6.45, 7) is 6.26. The summed E-state index contributed by atoms with van der Waals surface area (Å²) in [5.74, 6) is -1.09. The zero-order chi connectivity index (χ0) is 50.0. The van der Waals surface area contributed by atoms with Gasteiger partial charge in [0.25, 0.3) is 0 Å². The Labute approximate surface area is 423 Å². The number of rotatable bonds is 47. The highest BCUT2D eigenvalue weighted by molar-refractivity contribution is 5.71. The van der Waals surface area contributed by atoms with Crippen molar-refractivity contribution in [3.63, 3.8) is 0 Å². The van der Waals surface area contributed by atoms with Crippen molar-refractivity contribution in [3.05, 3.63) is 146 Å². The zero-order valence-electron chi connectivity index (χ0n) is 44.0. The molecule has 0 bridgehead atoms. The van der Waals surface area contributed by atoms with Crippen LogP contribution in [0.5, 0.6) is 0 Å². The third kappa shape index (κ3) is 54.1. The average Bonchev–Trinajstić information content (AvgIpc) is 3.35. The lowest BCUT2D eigenvalue weighted by atomic mass is 10.1. The molecule has 6 nitrogen and oxygen atoms in total. The topological polar surface area (TPSA) is 78.9 Å². The Bertz CT molecular complexity index is 1560. The Balaban J connectivity index is 4.63. The molecule has 0 heterocycles. The van der Waals surface area contributed by atoms with Gasteiger partial charge in [-0.2, -0.15) is 0 Å². The largest absolute Gasteiger partial charge is 0.462 e. The van der Waals surface area contributed by atoms with Crippen LogP contribution in [0.4, 0.5) is 0 Å². The summed E-state index contributed by atoms with van der Waals surface area (Å²) in [4.78, 5) is 38.1. The summed E-state index contributed by atoms with van der Waals surface area (Å²) in [7, 11) is 0. The first-order valence-corrected chi connectivity index (χ1v) is 27.3. The number of hydrogen-bond acceptors (Lipinski definition) is 6. The number of allylic oxidation sites excluding steroid dienone is 24. The van der Waals surface area contributed by atoms with E-state index in [0.29, 0.717) is 19.3 Å². The van der Waals surface area contributed by atoms with Gasteiger partial charge in [-0.1, -0.05) is 218 Å². The van der Waals surface area contributed by atoms with Gasteiger partial charge >= 0.3 is 17.9 Å². The van der Waals surface area contributed by atoms with Crippen molar-refractivity contribution in [2.45, 2.75) is 219 Å². The monoisotopic (exact) mass is 951 g/mol. The second-order valence-corrected chi connectivity index (χ2v) is 17.4. The summed E-state index contributed by atoms with van der Waals surface area (Å²) in [6, 6.07) is 0. The van der Waals surface area contributed by atoms with Crippen LogP contribution in [0.2, 0.25) is 0 Å². The predicted molar refractivity (Wildman–Crippen MR) is 297 cm³/mol. The molecule has 69 heavy (non-hydrogen) atoms. The van der Waals surface area contributed by atoms with Gasteiger partial charge in [0.1, 0.15) is 13.2 Å². The first-order valence-electron chi connectivity index (χ1n) is 27.3. The highest BCUT2D eigenvalue weighted by atomic mass is 16.6. The maximum Gasteiger partial charge on any atom is 0.306 e. The van der Waals surface area contributed by atoms with Crippen molar-refractivity contribution >= 4 is 17.9 Å². The molecule has 0 unspecified atom stereocenters. The zero-order valence-corrected chi connectivity index (χ0v) is 44.0. The Hall–Kier alpha value is -4.71. The molecule has 0 aliphatic carbocycles. The van der Waals surface area contributed by atoms with Crippen molar-refractivity contribution in [1.82, 2.24) is 0 Å². The van der Waals surface area contributed by atoms with E-state index < -0.39 is 12.1 Å². The molecular weight excluding hydrogens is 853 g/mol. The third-order valence-electron chi connectivity index (χ3n) is 10.8. The average molecular weight is 951 g/mol. The normalized spacial score (nSPS) is 13.3. The molecular formula is C63H98O6. The highest BCUT2D eigenvalue weighted by Gasteiger charge is 2.19. The van der Waals surface area contributed by atoms with E-state index in [1.54, 1.807) is 0 Å². The molecule has 1 atom stereocenters. The van der Waals surface area contributed by atoms with E-state index in [1.807, 2.05) is 12.2 Å². The number of esters is 3. The van der Waals surface area contributed by atoms with Gasteiger partial charge < -0.3 is 14.2 Å². The number of unbranched alkanes of at least 4 members (excludes halogenated alkanes) is 12. The molecule has 0 saturated carbocycles. The van der Waals surface area contributed by atoms with Gasteiger partial charge in [0.2, 0.25) is 0 Å². The summed E-state index contributed by atoms with van der Waals surface area (Å²) in [5.41, 5.74) is 0. The highest BCUT2D eigenvalue weighted by Crippen LogP contribution is 2.12. The van der Waals surface area contributed by atoms with E-state index in [4.69, 9.17) is 14.2 Å². The van der Waals surface area contributed by atoms with Gasteiger partial charge in [-0.15, -0.1) is 0 Å². The second kappa shape index (κ2) is 55.9. The standard InChI is InChI=1S/C63H98O6/c1-4-7-10-13-16-19-22-25-28-30-31-33-35-38-41-44-47-50-53-56-62(65)68-59-60(58-67-61(64)55-52-49-46-43-40-37-34-27-24-21-18-15-12-9-6-3)69-63(66)57-54-51-48-45-42-39-36-32-29-26-23-20-17-14-11-8-5-2/h7-8,10-11,16-17,19-21,24-26,28-29,31,33,36,38-39,41,45,47-48,50,60H,4-6,9,12-15,18,22-23,27,30,32,34-35,37,40,42-44,46,49,51-59H2,1-3H3/b10-7-,11-8-,19-16-,20-17-,24-21-,28-25-,29-26-,33-31-,39-36-,41-38-,48-45-,50-47-/t60-/m0/s1. The first-order chi connectivity index (χ1) is 34.0. The second-order valence-electron chi connectivity index (χ2n) is 17.4. The van der Waals surface area contributed by atoms with Crippen molar-refractivity contribution < 1.29 is 28.6 Å². The van der Waals surface area contributed by atoms with Crippen LogP contribution in [0.15, 0.2) is 146 Å². The van der Waals surface area contributed by atoms with E-state index >= 15 is 0 Å². The van der Waals surface area contributed by atoms with Crippen LogP contribution in [0.25, 0.3) is 0 Å². The lowest BCUT2D eigenvalue weighted by Gasteiger charge is -2.18. The molecule has 0 amide bonds. The molecule has 0 saturated heterocycles. The molecule has 0 rings (SSSR count). The Kier molecular flexibility index (Phi) is 52.1. The quantitative estimate of drug-likeness (QED) is 0.0262. The maximum atomic E-state index is 12.8. The summed E-state index contributed by atoms with van der Waals surface area (Å²) in [5, 5.41) is 0. The van der Waals surface area contributed by atoms with Crippen LogP contribution < -0.4 is 0 Å². The van der Waals surface area contributed by atoms with Gasteiger partial charge in [0.05, 0.1) is 0 Å². The fourth-order valence-corrected chi connectivity index (χ4v) is 6.79. The minimum Gasteiger partial charge on any atom is -0.462 e. The Morgan fingerprint density at radius 2 is 0.609 bits per heavy atom. The molecule has 0 aromatic rings. The van der Waals surface area contributed by atoms with Crippen LogP contribution in [0.1, 0.15) is 213 Å². The lowest BCUT2D eigenvalue weighted by Crippen LogP contribution is -2.30. The van der Waals surface area contributed by atoms with Crippen LogP contribution in [0.3, 0.4) is 0 Å². The van der Waals surface area contributed by atoms with Crippen molar-refractivity contribution in [2.24, 2.45) is 0 Å². The molecule has 0 aromatic heterocycles. The van der Waals surface area contributed by atoms with Gasteiger partial charge in [0.15, 0.2) is 6.10 Å². The van der Waals surface area contributed by atoms with E-state index in [0.717, 1.165) is 96.3 Å². The molecule has 0 N–H and O–H groups in total. The van der Waals surface area contributed by atoms with Gasteiger partial charge in [-0.05, 0) is 122 Å². The first kappa shape index (κ1) is 64.3. The maximum absolute atomic E-state index is 12.8. The third-order valence-corrected chi connectivity index (χ3v) is 10.8. The SMILES string of the molecule is CC/C=C\C/C=C\C/C=C\C/C=C\C/C=C\C/C=C\CCC(=O)OC[C@H](COC(=O)CCCCCCCCC/C=C\CCCCCC)OC(=O)CCC/C=C\C/C=C\C/C=C\C/C=C\C/C=C\CC. The smallest absolute Gasteiger partial charge is 0.306 e. The van der Waals surface area contributed by atoms with Crippen molar-refractivity contribution in [2.75, 3.05) is 13.2 Å². The minimum absolute atomic E-state index is 0.132. The molecule has 386 valence electrons. The van der Waals surface area contributed by atoms with Gasteiger partial charge in [-0.25, -0.2) is 0 Å². The Morgan fingerprint density at radius 3 is 1.03 bits per heavy atom. The fourth-order valence-electron chi connectivity index (χ4n) is 6.79. The van der Waals surface area contributed by atoms with Crippen LogP contribution in [0, 0.1) is 0 Å². The molecule has 0 aliphatic heterocycles. The van der Waals surface area contributed by atoms with Crippen LogP contribution >= 0.6 is 0 Å². The molecule has 0 aliphatic rings. The van der Waals surface area contributed by atoms with Crippen LogP contribution in [-0.2, 0) is 28.6 Å². The number of carbonyl (C=O) groups is 3. The molecule has 0 radical (unpaired) electrons. The number of carbonyl (C=O) groups excluding carboxylic acids is 3. The summed E-state index contributed by atoms with van der Waals surface area (Å²) < 4.78 is 16.7. The Morgan fingerprint density at radius 1 is 0.304 bits per heavy atom. The molecule has 0 aromatic carbocycles.